The fourth-order valence-corrected chi connectivity index (χ4v) is 1.81. The lowest BCUT2D eigenvalue weighted by molar-refractivity contribution is 0.0302. The summed E-state index contributed by atoms with van der Waals surface area (Å²) in [6.07, 6.45) is -0.414. The van der Waals surface area contributed by atoms with Gasteiger partial charge in [0, 0.05) is 18.7 Å². The van der Waals surface area contributed by atoms with E-state index >= 15 is 0 Å². The summed E-state index contributed by atoms with van der Waals surface area (Å²) in [5.74, 6) is 1.77. The van der Waals surface area contributed by atoms with Gasteiger partial charge in [-0.25, -0.2) is 0 Å². The minimum Gasteiger partial charge on any atom is -0.496 e. The fourth-order valence-electron chi connectivity index (χ4n) is 1.81. The van der Waals surface area contributed by atoms with Crippen LogP contribution in [0.3, 0.4) is 0 Å². The zero-order valence-electron chi connectivity index (χ0n) is 11.5. The van der Waals surface area contributed by atoms with Crippen molar-refractivity contribution >= 4 is 0 Å². The molecule has 19 heavy (non-hydrogen) atoms. The van der Waals surface area contributed by atoms with Crippen LogP contribution in [-0.4, -0.2) is 46.2 Å². The van der Waals surface area contributed by atoms with Gasteiger partial charge in [-0.05, 0) is 0 Å². The van der Waals surface area contributed by atoms with Gasteiger partial charge in [0.25, 0.3) is 0 Å². The summed E-state index contributed by atoms with van der Waals surface area (Å²) in [6, 6.07) is 3.48. The number of hydrogen-bond donors (Lipinski definition) is 2. The van der Waals surface area contributed by atoms with E-state index in [0.29, 0.717) is 22.8 Å². The Balaban J connectivity index is 3.20. The largest absolute Gasteiger partial charge is 0.496 e. The van der Waals surface area contributed by atoms with Crippen LogP contribution in [0.15, 0.2) is 12.1 Å². The Hall–Kier alpha value is -1.50. The molecule has 0 spiro atoms. The molecule has 1 unspecified atom stereocenters. The molecule has 0 fully saturated rings. The SMILES string of the molecule is COc1cc(OC)c(C(CN)OCCO)c(OC)c1. The molecule has 1 rings (SSSR count). The first kappa shape index (κ1) is 15.6. The van der Waals surface area contributed by atoms with E-state index < -0.39 is 6.10 Å². The highest BCUT2D eigenvalue weighted by molar-refractivity contribution is 5.52. The number of aliphatic hydroxyl groups excluding tert-OH is 1. The topological polar surface area (TPSA) is 83.2 Å². The van der Waals surface area contributed by atoms with Crippen molar-refractivity contribution in [3.63, 3.8) is 0 Å². The highest BCUT2D eigenvalue weighted by Gasteiger charge is 2.22. The van der Waals surface area contributed by atoms with Gasteiger partial charge in [0.2, 0.25) is 0 Å². The smallest absolute Gasteiger partial charge is 0.132 e. The van der Waals surface area contributed by atoms with Crippen molar-refractivity contribution in [2.45, 2.75) is 6.10 Å². The van der Waals surface area contributed by atoms with E-state index in [0.717, 1.165) is 0 Å². The molecular weight excluding hydrogens is 250 g/mol. The number of methoxy groups -OCH3 is 3. The Bertz CT molecular complexity index is 372. The summed E-state index contributed by atoms with van der Waals surface area (Å²) in [7, 11) is 4.67. The number of ether oxygens (including phenoxy) is 4. The summed E-state index contributed by atoms with van der Waals surface area (Å²) in [4.78, 5) is 0. The van der Waals surface area contributed by atoms with Gasteiger partial charge in [0.1, 0.15) is 23.4 Å². The summed E-state index contributed by atoms with van der Waals surface area (Å²) >= 11 is 0. The van der Waals surface area contributed by atoms with Gasteiger partial charge in [-0.15, -0.1) is 0 Å². The molecule has 0 amide bonds. The predicted molar refractivity (Wildman–Crippen MR) is 70.9 cm³/mol. The third-order valence-corrected chi connectivity index (χ3v) is 2.70. The maximum absolute atomic E-state index is 8.84. The molecule has 0 aliphatic heterocycles. The van der Waals surface area contributed by atoms with Crippen molar-refractivity contribution in [1.29, 1.82) is 0 Å². The molecule has 0 radical (unpaired) electrons. The maximum Gasteiger partial charge on any atom is 0.132 e. The number of benzene rings is 1. The maximum atomic E-state index is 8.84. The lowest BCUT2D eigenvalue weighted by Gasteiger charge is -2.22. The molecule has 0 saturated heterocycles. The van der Waals surface area contributed by atoms with E-state index in [9.17, 15) is 0 Å². The molecule has 3 N–H and O–H groups in total. The van der Waals surface area contributed by atoms with Crippen molar-refractivity contribution in [1.82, 2.24) is 0 Å². The molecule has 1 aromatic rings. The summed E-state index contributed by atoms with van der Waals surface area (Å²) in [6.45, 7) is 0.372. The first-order valence-corrected chi connectivity index (χ1v) is 5.94. The van der Waals surface area contributed by atoms with Crippen molar-refractivity contribution in [3.8, 4) is 17.2 Å². The Morgan fingerprint density at radius 2 is 1.68 bits per heavy atom. The van der Waals surface area contributed by atoms with Crippen LogP contribution in [0, 0.1) is 0 Å². The van der Waals surface area contributed by atoms with E-state index in [1.165, 1.54) is 0 Å². The molecule has 0 aliphatic carbocycles. The molecule has 0 bridgehead atoms. The average Bonchev–Trinajstić information content (AvgIpc) is 2.47. The van der Waals surface area contributed by atoms with Crippen LogP contribution in [-0.2, 0) is 4.74 Å². The minimum absolute atomic E-state index is 0.0721. The first-order chi connectivity index (χ1) is 9.21. The van der Waals surface area contributed by atoms with Crippen molar-refractivity contribution in [3.05, 3.63) is 17.7 Å². The van der Waals surface area contributed by atoms with Gasteiger partial charge >= 0.3 is 0 Å². The Morgan fingerprint density at radius 3 is 2.05 bits per heavy atom. The van der Waals surface area contributed by atoms with Crippen LogP contribution in [0.25, 0.3) is 0 Å². The van der Waals surface area contributed by atoms with Crippen LogP contribution >= 0.6 is 0 Å². The van der Waals surface area contributed by atoms with Crippen LogP contribution < -0.4 is 19.9 Å². The van der Waals surface area contributed by atoms with Crippen LogP contribution in [0.4, 0.5) is 0 Å². The summed E-state index contributed by atoms with van der Waals surface area (Å²) in [5, 5.41) is 8.84. The van der Waals surface area contributed by atoms with Gasteiger partial charge in [0.05, 0.1) is 40.1 Å². The Kier molecular flexibility index (Phi) is 6.41. The molecule has 0 aromatic heterocycles. The second-order valence-corrected chi connectivity index (χ2v) is 3.76. The quantitative estimate of drug-likeness (QED) is 0.725. The summed E-state index contributed by atoms with van der Waals surface area (Å²) < 4.78 is 21.4. The zero-order valence-corrected chi connectivity index (χ0v) is 11.5. The second kappa shape index (κ2) is 7.83. The van der Waals surface area contributed by atoms with E-state index in [1.807, 2.05) is 0 Å². The number of nitrogens with two attached hydrogens (primary N) is 1. The Morgan fingerprint density at radius 1 is 1.11 bits per heavy atom. The molecule has 6 nitrogen and oxygen atoms in total. The lowest BCUT2D eigenvalue weighted by Crippen LogP contribution is -2.19. The number of rotatable bonds is 8. The van der Waals surface area contributed by atoms with Gasteiger partial charge in [0.15, 0.2) is 0 Å². The van der Waals surface area contributed by atoms with E-state index in [2.05, 4.69) is 0 Å². The first-order valence-electron chi connectivity index (χ1n) is 5.94. The summed E-state index contributed by atoms with van der Waals surface area (Å²) in [5.41, 5.74) is 6.42. The molecule has 1 aromatic carbocycles. The Labute approximate surface area is 113 Å². The van der Waals surface area contributed by atoms with Crippen molar-refractivity contribution in [2.24, 2.45) is 5.73 Å². The van der Waals surface area contributed by atoms with E-state index in [4.69, 9.17) is 29.8 Å². The van der Waals surface area contributed by atoms with Gasteiger partial charge in [-0.1, -0.05) is 0 Å². The molecule has 108 valence electrons. The third kappa shape index (κ3) is 3.73. The molecule has 0 heterocycles. The molecule has 6 heteroatoms. The second-order valence-electron chi connectivity index (χ2n) is 3.76. The zero-order chi connectivity index (χ0) is 14.3. The average molecular weight is 271 g/mol. The third-order valence-electron chi connectivity index (χ3n) is 2.70. The number of aliphatic hydroxyl groups is 1. The van der Waals surface area contributed by atoms with Gasteiger partial charge in [-0.2, -0.15) is 0 Å². The normalized spacial score (nSPS) is 12.1. The van der Waals surface area contributed by atoms with Gasteiger partial charge < -0.3 is 29.8 Å². The molecule has 0 aliphatic rings. The van der Waals surface area contributed by atoms with Crippen molar-refractivity contribution in [2.75, 3.05) is 41.1 Å². The number of hydrogen-bond acceptors (Lipinski definition) is 6. The standard InChI is InChI=1S/C13H21NO5/c1-16-9-6-10(17-2)13(11(7-9)18-3)12(8-14)19-5-4-15/h6-7,12,15H,4-5,8,14H2,1-3H3. The highest BCUT2D eigenvalue weighted by atomic mass is 16.5. The molecule has 1 atom stereocenters. The minimum atomic E-state index is -0.414. The van der Waals surface area contributed by atoms with E-state index in [-0.39, 0.29) is 19.8 Å². The molecular formula is C13H21NO5. The van der Waals surface area contributed by atoms with E-state index in [1.54, 1.807) is 33.5 Å². The fraction of sp³-hybridized carbons (Fsp3) is 0.538. The predicted octanol–water partition coefficient (Wildman–Crippen LogP) is 0.721. The highest BCUT2D eigenvalue weighted by Crippen LogP contribution is 2.39. The van der Waals surface area contributed by atoms with Crippen LogP contribution in [0.2, 0.25) is 0 Å². The van der Waals surface area contributed by atoms with Crippen LogP contribution in [0.5, 0.6) is 17.2 Å². The monoisotopic (exact) mass is 271 g/mol. The van der Waals surface area contributed by atoms with Crippen molar-refractivity contribution < 1.29 is 24.1 Å². The van der Waals surface area contributed by atoms with Crippen LogP contribution in [0.1, 0.15) is 11.7 Å². The lowest BCUT2D eigenvalue weighted by atomic mass is 10.1. The van der Waals surface area contributed by atoms with Gasteiger partial charge in [-0.3, -0.25) is 0 Å². The molecule has 0 saturated carbocycles.